The molecule has 7 nitrogen and oxygen atoms in total. The van der Waals surface area contributed by atoms with Gasteiger partial charge in [0.1, 0.15) is 0 Å². The second-order valence-electron chi connectivity index (χ2n) is 6.79. The van der Waals surface area contributed by atoms with E-state index >= 15 is 0 Å². The lowest BCUT2D eigenvalue weighted by atomic mass is 10.3. The molecule has 1 aromatic carbocycles. The fourth-order valence-corrected chi connectivity index (χ4v) is 4.39. The molecule has 0 fully saturated rings. The highest BCUT2D eigenvalue weighted by atomic mass is 32.1. The van der Waals surface area contributed by atoms with Gasteiger partial charge in [0.15, 0.2) is 5.13 Å². The number of thiazole rings is 1. The summed E-state index contributed by atoms with van der Waals surface area (Å²) in [4.78, 5) is 45.4. The van der Waals surface area contributed by atoms with Crippen LogP contribution in [0.4, 0.5) is 10.8 Å². The number of rotatable bonds is 9. The van der Waals surface area contributed by atoms with Crippen molar-refractivity contribution in [3.8, 4) is 0 Å². The van der Waals surface area contributed by atoms with E-state index in [2.05, 4.69) is 10.3 Å². The van der Waals surface area contributed by atoms with Gasteiger partial charge >= 0.3 is 0 Å². The first-order valence-corrected chi connectivity index (χ1v) is 11.8. The molecule has 0 aliphatic carbocycles. The highest BCUT2D eigenvalue weighted by Crippen LogP contribution is 2.29. The van der Waals surface area contributed by atoms with Crippen LogP contribution in [-0.2, 0) is 20.9 Å². The molecule has 0 aliphatic rings. The highest BCUT2D eigenvalue weighted by Gasteiger charge is 2.17. The number of nitrogens with zero attached hydrogens (tertiary/aromatic N) is 3. The Labute approximate surface area is 195 Å². The topological polar surface area (TPSA) is 82.6 Å². The second kappa shape index (κ2) is 11.4. The van der Waals surface area contributed by atoms with E-state index in [9.17, 15) is 14.4 Å². The van der Waals surface area contributed by atoms with E-state index in [0.29, 0.717) is 23.9 Å². The number of carbonyl (C=O) groups excluding carboxylic acids is 3. The van der Waals surface area contributed by atoms with Crippen LogP contribution in [0.25, 0.3) is 6.08 Å². The molecule has 3 amide bonds. The summed E-state index contributed by atoms with van der Waals surface area (Å²) in [6.45, 7) is 4.15. The van der Waals surface area contributed by atoms with E-state index in [1.54, 1.807) is 22.8 Å². The summed E-state index contributed by atoms with van der Waals surface area (Å²) in [5.41, 5.74) is 1.30. The number of hydrogen-bond acceptors (Lipinski definition) is 6. The Balaban J connectivity index is 1.61. The van der Waals surface area contributed by atoms with E-state index < -0.39 is 0 Å². The van der Waals surface area contributed by atoms with E-state index in [4.69, 9.17) is 0 Å². The zero-order valence-electron chi connectivity index (χ0n) is 17.9. The molecular formula is C23H24N4O3S2. The zero-order valence-corrected chi connectivity index (χ0v) is 19.5. The maximum atomic E-state index is 12.6. The fourth-order valence-electron chi connectivity index (χ4n) is 2.90. The van der Waals surface area contributed by atoms with Gasteiger partial charge in [-0.25, -0.2) is 4.98 Å². The van der Waals surface area contributed by atoms with Crippen molar-refractivity contribution in [3.63, 3.8) is 0 Å². The van der Waals surface area contributed by atoms with Crippen LogP contribution in [0.5, 0.6) is 0 Å². The van der Waals surface area contributed by atoms with Crippen molar-refractivity contribution in [1.29, 1.82) is 0 Å². The highest BCUT2D eigenvalue weighted by molar-refractivity contribution is 7.14. The smallest absolute Gasteiger partial charge is 0.247 e. The Morgan fingerprint density at radius 2 is 1.88 bits per heavy atom. The molecule has 0 atom stereocenters. The number of para-hydroxylation sites is 1. The van der Waals surface area contributed by atoms with E-state index in [0.717, 1.165) is 10.6 Å². The number of hydrogen-bond donors (Lipinski definition) is 1. The van der Waals surface area contributed by atoms with Crippen molar-refractivity contribution in [3.05, 3.63) is 69.9 Å². The van der Waals surface area contributed by atoms with E-state index in [-0.39, 0.29) is 24.3 Å². The van der Waals surface area contributed by atoms with Crippen LogP contribution >= 0.6 is 22.7 Å². The summed E-state index contributed by atoms with van der Waals surface area (Å²) >= 11 is 2.89. The van der Waals surface area contributed by atoms with Crippen molar-refractivity contribution < 1.29 is 14.4 Å². The fraction of sp³-hybridized carbons (Fsp3) is 0.217. The van der Waals surface area contributed by atoms with E-state index in [1.807, 2.05) is 54.8 Å². The average molecular weight is 469 g/mol. The molecule has 3 aromatic rings. The van der Waals surface area contributed by atoms with Crippen LogP contribution in [0.15, 0.2) is 59.3 Å². The van der Waals surface area contributed by atoms with Gasteiger partial charge < -0.3 is 10.2 Å². The minimum absolute atomic E-state index is 0.0144. The third-order valence-corrected chi connectivity index (χ3v) is 6.22. The normalized spacial score (nSPS) is 10.8. The predicted octanol–water partition coefficient (Wildman–Crippen LogP) is 4.07. The van der Waals surface area contributed by atoms with Crippen molar-refractivity contribution in [2.75, 3.05) is 18.0 Å². The summed E-state index contributed by atoms with van der Waals surface area (Å²) in [5.74, 6) is -0.638. The molecule has 3 rings (SSSR count). The number of thiophene rings is 1. The third kappa shape index (κ3) is 6.35. The van der Waals surface area contributed by atoms with Gasteiger partial charge in [0.05, 0.1) is 24.5 Å². The van der Waals surface area contributed by atoms with Crippen LogP contribution < -0.4 is 10.2 Å². The summed E-state index contributed by atoms with van der Waals surface area (Å²) in [5, 5.41) is 7.08. The lowest BCUT2D eigenvalue weighted by Crippen LogP contribution is -2.39. The van der Waals surface area contributed by atoms with Crippen LogP contribution in [0, 0.1) is 0 Å². The molecule has 2 aromatic heterocycles. The third-order valence-electron chi connectivity index (χ3n) is 4.49. The molecular weight excluding hydrogens is 444 g/mol. The average Bonchev–Trinajstić information content (AvgIpc) is 3.47. The van der Waals surface area contributed by atoms with Gasteiger partial charge in [-0.1, -0.05) is 24.3 Å². The van der Waals surface area contributed by atoms with Gasteiger partial charge in [0, 0.05) is 29.8 Å². The molecule has 1 N–H and O–H groups in total. The molecule has 0 saturated carbocycles. The van der Waals surface area contributed by atoms with Crippen LogP contribution in [0.3, 0.4) is 0 Å². The molecule has 0 spiro atoms. The first kappa shape index (κ1) is 23.4. The number of amides is 3. The Morgan fingerprint density at radius 3 is 2.53 bits per heavy atom. The summed E-state index contributed by atoms with van der Waals surface area (Å²) in [7, 11) is 0. The van der Waals surface area contributed by atoms with Gasteiger partial charge in [-0.3, -0.25) is 19.3 Å². The van der Waals surface area contributed by atoms with Crippen LogP contribution in [0.1, 0.15) is 24.4 Å². The summed E-state index contributed by atoms with van der Waals surface area (Å²) in [6, 6.07) is 13.1. The Bertz CT molecular complexity index is 1080. The molecule has 0 aliphatic heterocycles. The van der Waals surface area contributed by atoms with Crippen LogP contribution in [0.2, 0.25) is 0 Å². The maximum Gasteiger partial charge on any atom is 0.247 e. The van der Waals surface area contributed by atoms with Gasteiger partial charge in [-0.2, -0.15) is 0 Å². The Hall–Kier alpha value is -3.30. The van der Waals surface area contributed by atoms with Crippen molar-refractivity contribution >= 4 is 57.3 Å². The zero-order chi connectivity index (χ0) is 22.9. The number of nitrogens with one attached hydrogen (secondary N) is 1. The summed E-state index contributed by atoms with van der Waals surface area (Å²) in [6.07, 6.45) is 2.99. The molecule has 166 valence electrons. The summed E-state index contributed by atoms with van der Waals surface area (Å²) < 4.78 is 0. The number of likely N-dealkylation sites (N-methyl/N-ethyl adjacent to an activating group) is 1. The Morgan fingerprint density at radius 1 is 1.09 bits per heavy atom. The molecule has 9 heteroatoms. The number of anilines is 2. The quantitative estimate of drug-likeness (QED) is 0.480. The molecule has 0 saturated heterocycles. The lowest BCUT2D eigenvalue weighted by molar-refractivity contribution is -0.132. The molecule has 0 unspecified atom stereocenters. The van der Waals surface area contributed by atoms with Crippen molar-refractivity contribution in [2.45, 2.75) is 20.4 Å². The minimum Gasteiger partial charge on any atom is -0.350 e. The molecule has 32 heavy (non-hydrogen) atoms. The van der Waals surface area contributed by atoms with Crippen molar-refractivity contribution in [2.24, 2.45) is 0 Å². The largest absolute Gasteiger partial charge is 0.350 e. The number of benzene rings is 1. The van der Waals surface area contributed by atoms with Gasteiger partial charge in [0.2, 0.25) is 17.7 Å². The van der Waals surface area contributed by atoms with Crippen LogP contribution in [-0.4, -0.2) is 40.7 Å². The first-order valence-electron chi connectivity index (χ1n) is 10.0. The van der Waals surface area contributed by atoms with E-state index in [1.165, 1.54) is 34.1 Å². The second-order valence-corrected chi connectivity index (χ2v) is 8.66. The lowest BCUT2D eigenvalue weighted by Gasteiger charge is -2.18. The van der Waals surface area contributed by atoms with Crippen molar-refractivity contribution in [1.82, 2.24) is 15.2 Å². The Kier molecular flexibility index (Phi) is 8.29. The number of aromatic nitrogens is 1. The standard InChI is InChI=1S/C23H24N4O3S2/c1-3-26(15-21(29)24-14-20-10-7-13-31-20)22(30)12-11-18-16-32-23(25-18)27(17(2)28)19-8-5-4-6-9-19/h4-13,16H,3,14-15H2,1-2H3,(H,24,29). The molecule has 0 radical (unpaired) electrons. The van der Waals surface area contributed by atoms with Gasteiger partial charge in [-0.15, -0.1) is 22.7 Å². The van der Waals surface area contributed by atoms with Gasteiger partial charge in [0.25, 0.3) is 0 Å². The molecule has 2 heterocycles. The minimum atomic E-state index is -0.278. The number of carbonyl (C=O) groups is 3. The monoisotopic (exact) mass is 468 g/mol. The maximum absolute atomic E-state index is 12.6. The SMILES string of the molecule is CCN(CC(=O)NCc1cccs1)C(=O)C=Cc1csc(N(C(C)=O)c2ccccc2)n1. The first-order chi connectivity index (χ1) is 15.5. The van der Waals surface area contributed by atoms with Gasteiger partial charge in [-0.05, 0) is 36.6 Å². The predicted molar refractivity (Wildman–Crippen MR) is 129 cm³/mol. The molecule has 0 bridgehead atoms.